The van der Waals surface area contributed by atoms with Crippen molar-refractivity contribution in [2.45, 2.75) is 109 Å². The normalized spacial score (nSPS) is 22.0. The van der Waals surface area contributed by atoms with Crippen molar-refractivity contribution in [1.29, 1.82) is 0 Å². The smallest absolute Gasteiger partial charge is 0.186 e. The highest BCUT2D eigenvalue weighted by Crippen LogP contribution is 2.31. The van der Waals surface area contributed by atoms with E-state index in [1.165, 1.54) is 25.7 Å². The van der Waals surface area contributed by atoms with E-state index >= 15 is 0 Å². The zero-order chi connectivity index (χ0) is 30.0. The Labute approximate surface area is 258 Å². The Bertz CT molecular complexity index is 1100. The molecule has 0 saturated carbocycles. The third-order valence-electron chi connectivity index (χ3n) is 7.92. The maximum Gasteiger partial charge on any atom is 0.186 e. The molecule has 43 heavy (non-hydrogen) atoms. The van der Waals surface area contributed by atoms with Crippen LogP contribution in [0.5, 0.6) is 0 Å². The molecule has 4 rings (SSSR count). The van der Waals surface area contributed by atoms with Gasteiger partial charge in [-0.1, -0.05) is 130 Å². The lowest BCUT2D eigenvalue weighted by atomic mass is 9.98. The van der Waals surface area contributed by atoms with Crippen LogP contribution in [-0.2, 0) is 43.5 Å². The Morgan fingerprint density at radius 1 is 0.512 bits per heavy atom. The molecule has 1 heterocycles. The summed E-state index contributed by atoms with van der Waals surface area (Å²) < 4.78 is 32.6. The highest BCUT2D eigenvalue weighted by Gasteiger charge is 2.47. The molecule has 1 N–H and O–H groups in total. The monoisotopic (exact) mass is 590 g/mol. The lowest BCUT2D eigenvalue weighted by Crippen LogP contribution is -2.60. The van der Waals surface area contributed by atoms with Crippen LogP contribution in [0.3, 0.4) is 0 Å². The molecule has 1 fully saturated rings. The fourth-order valence-electron chi connectivity index (χ4n) is 5.48. The van der Waals surface area contributed by atoms with E-state index in [4.69, 9.17) is 28.8 Å². The molecule has 0 spiro atoms. The van der Waals surface area contributed by atoms with Crippen molar-refractivity contribution in [3.8, 4) is 0 Å². The average molecular weight is 591 g/mol. The van der Waals surface area contributed by atoms with Crippen LogP contribution in [0.4, 0.5) is 0 Å². The summed E-state index contributed by atoms with van der Waals surface area (Å²) in [6.07, 6.45) is 6.96. The van der Waals surface area contributed by atoms with E-state index in [0.717, 1.165) is 42.4 Å². The molecule has 6 nitrogen and oxygen atoms in total. The second-order valence-corrected chi connectivity index (χ2v) is 11.4. The van der Waals surface area contributed by atoms with E-state index in [-0.39, 0.29) is 18.3 Å². The third kappa shape index (κ3) is 11.8. The van der Waals surface area contributed by atoms with Gasteiger partial charge < -0.3 is 28.8 Å². The molecule has 3 aromatic carbocycles. The predicted octanol–water partition coefficient (Wildman–Crippen LogP) is 7.62. The molecule has 0 bridgehead atoms. The second-order valence-electron chi connectivity index (χ2n) is 11.4. The van der Waals surface area contributed by atoms with E-state index < -0.39 is 12.4 Å². The molecule has 3 aromatic rings. The standard InChI is InChI=1S/C37H50O6/c1-30-34(40-27-31-19-11-8-12-20-31)35(41-28-32-21-13-9-14-22-32)36(42-29-33-23-15-10-16-24-33)37(43-30)39-26-18-7-5-3-2-4-6-17-25-38/h8-16,19-24,30,34-38H,2-7,17-18,25-29H2,1H3/t30-,34+,35+,36-,37-/m0/s1. The van der Waals surface area contributed by atoms with Gasteiger partial charge in [0.1, 0.15) is 18.3 Å². The number of benzene rings is 3. The van der Waals surface area contributed by atoms with Crippen molar-refractivity contribution in [3.63, 3.8) is 0 Å². The number of hydrogen-bond acceptors (Lipinski definition) is 6. The first-order valence-corrected chi connectivity index (χ1v) is 16.1. The third-order valence-corrected chi connectivity index (χ3v) is 7.92. The van der Waals surface area contributed by atoms with Gasteiger partial charge in [-0.15, -0.1) is 0 Å². The van der Waals surface area contributed by atoms with Gasteiger partial charge in [-0.25, -0.2) is 0 Å². The molecule has 0 aliphatic carbocycles. The van der Waals surface area contributed by atoms with Gasteiger partial charge in [0.15, 0.2) is 6.29 Å². The predicted molar refractivity (Wildman–Crippen MR) is 169 cm³/mol. The van der Waals surface area contributed by atoms with Crippen LogP contribution in [0.2, 0.25) is 0 Å². The lowest BCUT2D eigenvalue weighted by molar-refractivity contribution is -0.320. The summed E-state index contributed by atoms with van der Waals surface area (Å²) in [6, 6.07) is 30.6. The molecule has 0 unspecified atom stereocenters. The zero-order valence-electron chi connectivity index (χ0n) is 25.7. The Hall–Kier alpha value is -2.58. The van der Waals surface area contributed by atoms with Gasteiger partial charge in [-0.05, 0) is 36.5 Å². The Morgan fingerprint density at radius 2 is 0.930 bits per heavy atom. The van der Waals surface area contributed by atoms with Gasteiger partial charge >= 0.3 is 0 Å². The van der Waals surface area contributed by atoms with Crippen LogP contribution in [0.1, 0.15) is 75.0 Å². The van der Waals surface area contributed by atoms with Crippen molar-refractivity contribution in [1.82, 2.24) is 0 Å². The van der Waals surface area contributed by atoms with Crippen molar-refractivity contribution >= 4 is 0 Å². The topological polar surface area (TPSA) is 66.4 Å². The van der Waals surface area contributed by atoms with E-state index in [1.54, 1.807) is 0 Å². The molecular formula is C37H50O6. The molecule has 0 radical (unpaired) electrons. The molecule has 5 atom stereocenters. The van der Waals surface area contributed by atoms with Crippen LogP contribution < -0.4 is 0 Å². The summed E-state index contributed by atoms with van der Waals surface area (Å²) in [5, 5.41) is 8.94. The van der Waals surface area contributed by atoms with Crippen LogP contribution in [0, 0.1) is 0 Å². The minimum atomic E-state index is -0.561. The summed E-state index contributed by atoms with van der Waals surface area (Å²) in [5.41, 5.74) is 3.28. The molecular weight excluding hydrogens is 540 g/mol. The van der Waals surface area contributed by atoms with Gasteiger partial charge in [-0.3, -0.25) is 0 Å². The largest absolute Gasteiger partial charge is 0.396 e. The van der Waals surface area contributed by atoms with Gasteiger partial charge in [0.25, 0.3) is 0 Å². The summed E-state index contributed by atoms with van der Waals surface area (Å²) in [4.78, 5) is 0. The summed E-state index contributed by atoms with van der Waals surface area (Å²) >= 11 is 0. The Morgan fingerprint density at radius 3 is 1.42 bits per heavy atom. The van der Waals surface area contributed by atoms with Gasteiger partial charge in [0.2, 0.25) is 0 Å². The quantitative estimate of drug-likeness (QED) is 0.137. The van der Waals surface area contributed by atoms with Crippen LogP contribution in [0.15, 0.2) is 91.0 Å². The van der Waals surface area contributed by atoms with E-state index in [1.807, 2.05) is 61.5 Å². The zero-order valence-corrected chi connectivity index (χ0v) is 25.7. The van der Waals surface area contributed by atoms with Gasteiger partial charge in [0, 0.05) is 13.2 Å². The number of aliphatic hydroxyl groups excluding tert-OH is 1. The first-order valence-electron chi connectivity index (χ1n) is 16.1. The van der Waals surface area contributed by atoms with Crippen molar-refractivity contribution in [2.24, 2.45) is 0 Å². The van der Waals surface area contributed by atoms with E-state index in [0.29, 0.717) is 33.0 Å². The number of hydrogen-bond donors (Lipinski definition) is 1. The fraction of sp³-hybridized carbons (Fsp3) is 0.514. The summed E-state index contributed by atoms with van der Waals surface area (Å²) in [6.45, 7) is 4.27. The summed E-state index contributed by atoms with van der Waals surface area (Å²) in [5.74, 6) is 0. The minimum Gasteiger partial charge on any atom is -0.396 e. The van der Waals surface area contributed by atoms with Crippen molar-refractivity contribution in [2.75, 3.05) is 13.2 Å². The highest BCUT2D eigenvalue weighted by atomic mass is 16.7. The number of unbranched alkanes of at least 4 members (excludes halogenated alkanes) is 7. The number of aliphatic hydroxyl groups is 1. The molecule has 6 heteroatoms. The first-order chi connectivity index (χ1) is 21.2. The summed E-state index contributed by atoms with van der Waals surface area (Å²) in [7, 11) is 0. The maximum absolute atomic E-state index is 8.94. The van der Waals surface area contributed by atoms with Gasteiger partial charge in [-0.2, -0.15) is 0 Å². The van der Waals surface area contributed by atoms with Crippen LogP contribution in [0.25, 0.3) is 0 Å². The molecule has 234 valence electrons. The molecule has 1 aliphatic heterocycles. The number of ether oxygens (including phenoxy) is 5. The minimum absolute atomic E-state index is 0.245. The Kier molecular flexibility index (Phi) is 15.2. The van der Waals surface area contributed by atoms with E-state index in [2.05, 4.69) is 36.4 Å². The molecule has 1 aliphatic rings. The average Bonchev–Trinajstić information content (AvgIpc) is 3.05. The SMILES string of the molecule is C[C@@H]1O[C@H](OCCCCCCCCCCO)[C@@H](OCc2ccccc2)[C@H](OCc2ccccc2)[C@@H]1OCc1ccccc1. The number of rotatable bonds is 20. The lowest BCUT2D eigenvalue weighted by Gasteiger charge is -2.45. The van der Waals surface area contributed by atoms with E-state index in [9.17, 15) is 0 Å². The van der Waals surface area contributed by atoms with Crippen molar-refractivity contribution < 1.29 is 28.8 Å². The molecule has 0 amide bonds. The van der Waals surface area contributed by atoms with Crippen LogP contribution >= 0.6 is 0 Å². The second kappa shape index (κ2) is 19.6. The molecule has 1 saturated heterocycles. The Balaban J connectivity index is 1.41. The van der Waals surface area contributed by atoms with Crippen molar-refractivity contribution in [3.05, 3.63) is 108 Å². The fourth-order valence-corrected chi connectivity index (χ4v) is 5.48. The maximum atomic E-state index is 8.94. The van der Waals surface area contributed by atoms with Gasteiger partial charge in [0.05, 0.1) is 25.9 Å². The highest BCUT2D eigenvalue weighted by molar-refractivity contribution is 5.15. The first kappa shape index (κ1) is 33.3. The molecule has 0 aromatic heterocycles. The van der Waals surface area contributed by atoms with Crippen LogP contribution in [-0.4, -0.2) is 49.0 Å².